The average molecular weight is 382 g/mol. The van der Waals surface area contributed by atoms with Crippen molar-refractivity contribution in [1.29, 1.82) is 0 Å². The number of nitrogens with one attached hydrogen (secondary N) is 2. The molecule has 0 aliphatic carbocycles. The Labute approximate surface area is 163 Å². The van der Waals surface area contributed by atoms with Crippen LogP contribution in [0.2, 0.25) is 0 Å². The van der Waals surface area contributed by atoms with Crippen LogP contribution in [0.15, 0.2) is 53.3 Å². The van der Waals surface area contributed by atoms with Gasteiger partial charge in [-0.25, -0.2) is 0 Å². The number of hydrogen-bond donors (Lipinski definition) is 2. The molecule has 0 fully saturated rings. The number of carbonyl (C=O) groups is 1. The summed E-state index contributed by atoms with van der Waals surface area (Å²) in [4.78, 5) is 27.7. The first-order valence-electron chi connectivity index (χ1n) is 9.13. The Morgan fingerprint density at radius 3 is 2.74 bits per heavy atom. The Kier molecular flexibility index (Phi) is 6.19. The minimum absolute atomic E-state index is 0.0146. The van der Waals surface area contributed by atoms with Crippen molar-refractivity contribution >= 4 is 34.7 Å². The SMILES string of the molecule is Cc1cccc(NC(=O)CCCCCn2c(=S)[nH]c3ccccc3c2=O)c1. The zero-order valence-electron chi connectivity index (χ0n) is 15.3. The van der Waals surface area contributed by atoms with Gasteiger partial charge in [0.2, 0.25) is 5.91 Å². The zero-order valence-corrected chi connectivity index (χ0v) is 16.1. The van der Waals surface area contributed by atoms with Gasteiger partial charge in [0.1, 0.15) is 0 Å². The minimum atomic E-state index is -0.0634. The van der Waals surface area contributed by atoms with Crippen molar-refractivity contribution in [1.82, 2.24) is 9.55 Å². The molecule has 0 saturated carbocycles. The van der Waals surface area contributed by atoms with E-state index < -0.39 is 0 Å². The highest BCUT2D eigenvalue weighted by Crippen LogP contribution is 2.11. The van der Waals surface area contributed by atoms with Crippen molar-refractivity contribution in [3.05, 3.63) is 69.2 Å². The summed E-state index contributed by atoms with van der Waals surface area (Å²) < 4.78 is 2.04. The fourth-order valence-electron chi connectivity index (χ4n) is 3.08. The van der Waals surface area contributed by atoms with Crippen molar-refractivity contribution in [2.75, 3.05) is 5.32 Å². The third-order valence-electron chi connectivity index (χ3n) is 4.48. The summed E-state index contributed by atoms with van der Waals surface area (Å²) in [5.74, 6) is 0.0146. The van der Waals surface area contributed by atoms with Gasteiger partial charge in [0.25, 0.3) is 5.56 Å². The molecule has 0 radical (unpaired) electrons. The summed E-state index contributed by atoms with van der Waals surface area (Å²) in [5.41, 5.74) is 2.64. The normalized spacial score (nSPS) is 10.9. The van der Waals surface area contributed by atoms with Crippen molar-refractivity contribution in [2.24, 2.45) is 0 Å². The smallest absolute Gasteiger partial charge is 0.262 e. The molecule has 3 rings (SSSR count). The molecule has 0 bridgehead atoms. The lowest BCUT2D eigenvalue weighted by Gasteiger charge is -2.08. The summed E-state index contributed by atoms with van der Waals surface area (Å²) >= 11 is 5.31. The second-order valence-corrected chi connectivity index (χ2v) is 7.05. The number of carbonyl (C=O) groups excluding carboxylic acids is 1. The maximum atomic E-state index is 12.6. The number of rotatable bonds is 7. The molecule has 0 spiro atoms. The van der Waals surface area contributed by atoms with E-state index in [1.165, 1.54) is 0 Å². The fourth-order valence-corrected chi connectivity index (χ4v) is 3.36. The largest absolute Gasteiger partial charge is 0.332 e. The molecule has 140 valence electrons. The Hall–Kier alpha value is -2.73. The molecule has 27 heavy (non-hydrogen) atoms. The van der Waals surface area contributed by atoms with Crippen molar-refractivity contribution in [2.45, 2.75) is 39.2 Å². The van der Waals surface area contributed by atoms with Crippen LogP contribution in [0.5, 0.6) is 0 Å². The Balaban J connectivity index is 1.49. The lowest BCUT2D eigenvalue weighted by atomic mass is 10.1. The molecule has 5 nitrogen and oxygen atoms in total. The molecule has 1 heterocycles. The summed E-state index contributed by atoms with van der Waals surface area (Å²) in [5, 5.41) is 3.56. The number of aromatic amines is 1. The molecular weight excluding hydrogens is 358 g/mol. The Morgan fingerprint density at radius 2 is 1.93 bits per heavy atom. The van der Waals surface area contributed by atoms with Gasteiger partial charge in [0, 0.05) is 18.7 Å². The van der Waals surface area contributed by atoms with Gasteiger partial charge in [-0.15, -0.1) is 0 Å². The van der Waals surface area contributed by atoms with E-state index in [0.29, 0.717) is 23.1 Å². The highest BCUT2D eigenvalue weighted by Gasteiger charge is 2.06. The number of aryl methyl sites for hydroxylation is 1. The topological polar surface area (TPSA) is 66.9 Å². The summed E-state index contributed by atoms with van der Waals surface area (Å²) in [6, 6.07) is 15.1. The van der Waals surface area contributed by atoms with E-state index in [4.69, 9.17) is 12.2 Å². The molecule has 0 saturated heterocycles. The highest BCUT2D eigenvalue weighted by molar-refractivity contribution is 7.71. The molecule has 1 aromatic heterocycles. The van der Waals surface area contributed by atoms with Crippen LogP contribution in [0, 0.1) is 11.7 Å². The third kappa shape index (κ3) is 4.92. The van der Waals surface area contributed by atoms with Gasteiger partial charge < -0.3 is 10.3 Å². The van der Waals surface area contributed by atoms with E-state index in [1.807, 2.05) is 49.4 Å². The second kappa shape index (κ2) is 8.77. The van der Waals surface area contributed by atoms with E-state index in [-0.39, 0.29) is 11.5 Å². The van der Waals surface area contributed by atoms with Gasteiger partial charge in [-0.3, -0.25) is 14.2 Å². The number of hydrogen-bond acceptors (Lipinski definition) is 3. The number of H-pyrrole nitrogens is 1. The van der Waals surface area contributed by atoms with Gasteiger partial charge in [-0.1, -0.05) is 30.7 Å². The van der Waals surface area contributed by atoms with Crippen LogP contribution in [0.3, 0.4) is 0 Å². The highest BCUT2D eigenvalue weighted by atomic mass is 32.1. The number of benzene rings is 2. The Bertz CT molecular complexity index is 1070. The first kappa shape index (κ1) is 19.0. The lowest BCUT2D eigenvalue weighted by molar-refractivity contribution is -0.116. The van der Waals surface area contributed by atoms with Gasteiger partial charge in [0.05, 0.1) is 10.9 Å². The number of unbranched alkanes of at least 4 members (excludes halogenated alkanes) is 2. The number of nitrogens with zero attached hydrogens (tertiary/aromatic N) is 1. The van der Waals surface area contributed by atoms with Crippen LogP contribution in [0.1, 0.15) is 31.2 Å². The maximum Gasteiger partial charge on any atom is 0.262 e. The maximum absolute atomic E-state index is 12.6. The average Bonchev–Trinajstić information content (AvgIpc) is 2.64. The number of amides is 1. The van der Waals surface area contributed by atoms with Crippen LogP contribution in [-0.2, 0) is 11.3 Å². The molecule has 0 atom stereocenters. The molecule has 2 N–H and O–H groups in total. The van der Waals surface area contributed by atoms with E-state index >= 15 is 0 Å². The number of anilines is 1. The van der Waals surface area contributed by atoms with Gasteiger partial charge in [0.15, 0.2) is 4.77 Å². The molecule has 0 unspecified atom stereocenters. The molecular formula is C21H23N3O2S. The van der Waals surface area contributed by atoms with Crippen LogP contribution in [0.25, 0.3) is 10.9 Å². The van der Waals surface area contributed by atoms with E-state index in [2.05, 4.69) is 10.3 Å². The standard InChI is InChI=1S/C21H23N3O2S/c1-15-8-7-9-16(14-15)22-19(25)12-3-2-6-13-24-20(26)17-10-4-5-11-18(17)23-21(24)27/h4-5,7-11,14H,2-3,6,12-13H2,1H3,(H,22,25)(H,23,27). The van der Waals surface area contributed by atoms with Crippen molar-refractivity contribution < 1.29 is 4.79 Å². The molecule has 1 amide bonds. The molecule has 2 aromatic carbocycles. The van der Waals surface area contributed by atoms with E-state index in [9.17, 15) is 9.59 Å². The van der Waals surface area contributed by atoms with Crippen LogP contribution in [-0.4, -0.2) is 15.5 Å². The fraction of sp³-hybridized carbons (Fsp3) is 0.286. The van der Waals surface area contributed by atoms with Crippen LogP contribution >= 0.6 is 12.2 Å². The molecule has 0 aliphatic rings. The third-order valence-corrected chi connectivity index (χ3v) is 4.80. The van der Waals surface area contributed by atoms with Crippen molar-refractivity contribution in [3.8, 4) is 0 Å². The number of aromatic nitrogens is 2. The second-order valence-electron chi connectivity index (χ2n) is 6.66. The summed E-state index contributed by atoms with van der Waals surface area (Å²) in [7, 11) is 0. The Morgan fingerprint density at radius 1 is 1.11 bits per heavy atom. The van der Waals surface area contributed by atoms with Crippen molar-refractivity contribution in [3.63, 3.8) is 0 Å². The monoisotopic (exact) mass is 381 g/mol. The predicted molar refractivity (Wildman–Crippen MR) is 112 cm³/mol. The lowest BCUT2D eigenvalue weighted by Crippen LogP contribution is -2.22. The van der Waals surface area contributed by atoms with Crippen LogP contribution in [0.4, 0.5) is 5.69 Å². The molecule has 3 aromatic rings. The number of fused-ring (bicyclic) bond motifs is 1. The first-order chi connectivity index (χ1) is 13.0. The van der Waals surface area contributed by atoms with Crippen LogP contribution < -0.4 is 10.9 Å². The predicted octanol–water partition coefficient (Wildman–Crippen LogP) is 4.57. The molecule has 6 heteroatoms. The van der Waals surface area contributed by atoms with Gasteiger partial charge in [-0.05, 0) is 61.8 Å². The quantitative estimate of drug-likeness (QED) is 0.465. The summed E-state index contributed by atoms with van der Waals surface area (Å²) in [6.45, 7) is 2.55. The molecule has 0 aliphatic heterocycles. The van der Waals surface area contributed by atoms with E-state index in [1.54, 1.807) is 10.6 Å². The van der Waals surface area contributed by atoms with Gasteiger partial charge >= 0.3 is 0 Å². The zero-order chi connectivity index (χ0) is 19.2. The number of para-hydroxylation sites is 1. The summed E-state index contributed by atoms with van der Waals surface area (Å²) in [6.07, 6.45) is 2.90. The minimum Gasteiger partial charge on any atom is -0.332 e. The van der Waals surface area contributed by atoms with E-state index in [0.717, 1.165) is 36.0 Å². The van der Waals surface area contributed by atoms with Gasteiger partial charge in [-0.2, -0.15) is 0 Å². The first-order valence-corrected chi connectivity index (χ1v) is 9.54.